The summed E-state index contributed by atoms with van der Waals surface area (Å²) in [5.74, 6) is 0.671. The molecule has 1 aliphatic rings. The second-order valence-corrected chi connectivity index (χ2v) is 4.33. The van der Waals surface area contributed by atoms with Crippen LogP contribution in [0.1, 0.15) is 42.7 Å². The average Bonchev–Trinajstić information content (AvgIpc) is 2.90. The van der Waals surface area contributed by atoms with Gasteiger partial charge in [0, 0.05) is 5.56 Å². The summed E-state index contributed by atoms with van der Waals surface area (Å²) in [7, 11) is 0. The third kappa shape index (κ3) is 2.64. The number of nitrogens with zero attached hydrogens (tertiary/aromatic N) is 2. The molecule has 0 atom stereocenters. The van der Waals surface area contributed by atoms with Crippen molar-refractivity contribution in [1.29, 1.82) is 0 Å². The first kappa shape index (κ1) is 11.6. The minimum Gasteiger partial charge on any atom is -0.411 e. The van der Waals surface area contributed by atoms with Gasteiger partial charge in [0.15, 0.2) is 0 Å². The van der Waals surface area contributed by atoms with Crippen LogP contribution in [0.4, 0.5) is 0 Å². The molecule has 1 saturated carbocycles. The molecule has 0 unspecified atom stereocenters. The SMILES string of the molecule is ON=CC(=NO)c1ccc(C2CCCC2)cc1. The Hall–Kier alpha value is -1.84. The van der Waals surface area contributed by atoms with Gasteiger partial charge in [0.25, 0.3) is 0 Å². The largest absolute Gasteiger partial charge is 0.411 e. The fourth-order valence-electron chi connectivity index (χ4n) is 2.40. The number of hydrogen-bond acceptors (Lipinski definition) is 4. The normalized spacial score (nSPS) is 18.0. The second-order valence-electron chi connectivity index (χ2n) is 4.33. The molecule has 0 radical (unpaired) electrons. The van der Waals surface area contributed by atoms with Crippen molar-refractivity contribution >= 4 is 11.9 Å². The monoisotopic (exact) mass is 232 g/mol. The fourth-order valence-corrected chi connectivity index (χ4v) is 2.40. The highest BCUT2D eigenvalue weighted by Crippen LogP contribution is 2.33. The maximum absolute atomic E-state index is 8.78. The lowest BCUT2D eigenvalue weighted by Crippen LogP contribution is -2.03. The summed E-state index contributed by atoms with van der Waals surface area (Å²) in [6.07, 6.45) is 6.27. The van der Waals surface area contributed by atoms with Gasteiger partial charge in [-0.3, -0.25) is 0 Å². The third-order valence-electron chi connectivity index (χ3n) is 3.32. The summed E-state index contributed by atoms with van der Waals surface area (Å²) in [5, 5.41) is 23.2. The van der Waals surface area contributed by atoms with Gasteiger partial charge in [0.2, 0.25) is 0 Å². The summed E-state index contributed by atoms with van der Waals surface area (Å²) in [4.78, 5) is 0. The number of benzene rings is 1. The van der Waals surface area contributed by atoms with Crippen molar-refractivity contribution in [3.63, 3.8) is 0 Å². The molecule has 17 heavy (non-hydrogen) atoms. The van der Waals surface area contributed by atoms with Crippen molar-refractivity contribution < 1.29 is 10.4 Å². The molecule has 1 aromatic rings. The van der Waals surface area contributed by atoms with Crippen molar-refractivity contribution in [3.8, 4) is 0 Å². The molecule has 1 aromatic carbocycles. The van der Waals surface area contributed by atoms with Crippen LogP contribution >= 0.6 is 0 Å². The molecule has 0 aliphatic heterocycles. The molecule has 0 amide bonds. The van der Waals surface area contributed by atoms with E-state index in [1.165, 1.54) is 31.2 Å². The highest BCUT2D eigenvalue weighted by molar-refractivity contribution is 6.37. The lowest BCUT2D eigenvalue weighted by Gasteiger charge is -2.09. The highest BCUT2D eigenvalue weighted by atomic mass is 16.4. The second kappa shape index (κ2) is 5.48. The van der Waals surface area contributed by atoms with Crippen LogP contribution in [0.5, 0.6) is 0 Å². The van der Waals surface area contributed by atoms with E-state index < -0.39 is 0 Å². The standard InChI is InChI=1S/C13H16N2O2/c16-14-9-13(15-17)12-7-5-11(6-8-12)10-3-1-2-4-10/h5-10,16-17H,1-4H2. The Morgan fingerprint density at radius 2 is 1.76 bits per heavy atom. The van der Waals surface area contributed by atoms with E-state index in [0.29, 0.717) is 5.92 Å². The van der Waals surface area contributed by atoms with Crippen LogP contribution in [0.3, 0.4) is 0 Å². The van der Waals surface area contributed by atoms with E-state index in [0.717, 1.165) is 11.8 Å². The average molecular weight is 232 g/mol. The van der Waals surface area contributed by atoms with Gasteiger partial charge in [-0.05, 0) is 24.3 Å². The van der Waals surface area contributed by atoms with Crippen LogP contribution in [0.25, 0.3) is 0 Å². The van der Waals surface area contributed by atoms with E-state index in [2.05, 4.69) is 22.4 Å². The Balaban J connectivity index is 2.17. The molecule has 0 bridgehead atoms. The number of oxime groups is 2. The van der Waals surface area contributed by atoms with E-state index in [9.17, 15) is 0 Å². The molecule has 0 spiro atoms. The Labute approximate surface area is 100 Å². The summed E-state index contributed by atoms with van der Waals surface area (Å²) in [6, 6.07) is 7.90. The fraction of sp³-hybridized carbons (Fsp3) is 0.385. The molecule has 0 aromatic heterocycles. The number of hydrogen-bond donors (Lipinski definition) is 2. The van der Waals surface area contributed by atoms with E-state index in [4.69, 9.17) is 10.4 Å². The van der Waals surface area contributed by atoms with Crippen LogP contribution < -0.4 is 0 Å². The molecule has 1 aliphatic carbocycles. The zero-order valence-electron chi connectivity index (χ0n) is 9.58. The van der Waals surface area contributed by atoms with Crippen LogP contribution in [-0.2, 0) is 0 Å². The van der Waals surface area contributed by atoms with Gasteiger partial charge in [0.1, 0.15) is 5.71 Å². The van der Waals surface area contributed by atoms with Crippen LogP contribution in [0, 0.1) is 0 Å². The van der Waals surface area contributed by atoms with Crippen LogP contribution in [0.15, 0.2) is 34.6 Å². The lowest BCUT2D eigenvalue weighted by atomic mass is 9.96. The van der Waals surface area contributed by atoms with Crippen molar-refractivity contribution in [2.75, 3.05) is 0 Å². The Morgan fingerprint density at radius 3 is 2.29 bits per heavy atom. The molecule has 4 nitrogen and oxygen atoms in total. The van der Waals surface area contributed by atoms with Gasteiger partial charge >= 0.3 is 0 Å². The Kier molecular flexibility index (Phi) is 3.75. The van der Waals surface area contributed by atoms with Gasteiger partial charge in [-0.25, -0.2) is 0 Å². The molecule has 0 saturated heterocycles. The molecule has 1 fully saturated rings. The molecular weight excluding hydrogens is 216 g/mol. The van der Waals surface area contributed by atoms with E-state index in [1.54, 1.807) is 0 Å². The van der Waals surface area contributed by atoms with Crippen LogP contribution in [-0.4, -0.2) is 22.3 Å². The zero-order chi connectivity index (χ0) is 12.1. The molecule has 2 N–H and O–H groups in total. The molecule has 90 valence electrons. The van der Waals surface area contributed by atoms with Crippen molar-refractivity contribution in [2.24, 2.45) is 10.3 Å². The molecule has 4 heteroatoms. The van der Waals surface area contributed by atoms with Crippen LogP contribution in [0.2, 0.25) is 0 Å². The highest BCUT2D eigenvalue weighted by Gasteiger charge is 2.16. The zero-order valence-corrected chi connectivity index (χ0v) is 9.58. The van der Waals surface area contributed by atoms with Gasteiger partial charge < -0.3 is 10.4 Å². The maximum Gasteiger partial charge on any atom is 0.131 e. The summed E-state index contributed by atoms with van der Waals surface area (Å²) >= 11 is 0. The van der Waals surface area contributed by atoms with Crippen molar-refractivity contribution in [3.05, 3.63) is 35.4 Å². The lowest BCUT2D eigenvalue weighted by molar-refractivity contribution is 0.316. The van der Waals surface area contributed by atoms with E-state index in [1.807, 2.05) is 12.1 Å². The maximum atomic E-state index is 8.78. The number of rotatable bonds is 3. The first-order valence-corrected chi connectivity index (χ1v) is 5.85. The minimum absolute atomic E-state index is 0.255. The predicted molar refractivity (Wildman–Crippen MR) is 66.3 cm³/mol. The van der Waals surface area contributed by atoms with E-state index >= 15 is 0 Å². The molecule has 0 heterocycles. The van der Waals surface area contributed by atoms with Gasteiger partial charge in [0.05, 0.1) is 6.21 Å². The van der Waals surface area contributed by atoms with E-state index in [-0.39, 0.29) is 5.71 Å². The minimum atomic E-state index is 0.255. The van der Waals surface area contributed by atoms with Crippen molar-refractivity contribution in [2.45, 2.75) is 31.6 Å². The Bertz CT molecular complexity index is 418. The smallest absolute Gasteiger partial charge is 0.131 e. The van der Waals surface area contributed by atoms with Crippen molar-refractivity contribution in [1.82, 2.24) is 0 Å². The topological polar surface area (TPSA) is 65.2 Å². The molecule has 2 rings (SSSR count). The van der Waals surface area contributed by atoms with Gasteiger partial charge in [-0.2, -0.15) is 0 Å². The first-order chi connectivity index (χ1) is 8.35. The summed E-state index contributed by atoms with van der Waals surface area (Å²) in [6.45, 7) is 0. The quantitative estimate of drug-likeness (QED) is 0.478. The Morgan fingerprint density at radius 1 is 1.12 bits per heavy atom. The first-order valence-electron chi connectivity index (χ1n) is 5.85. The van der Waals surface area contributed by atoms with Gasteiger partial charge in [-0.1, -0.05) is 47.4 Å². The summed E-state index contributed by atoms with van der Waals surface area (Å²) < 4.78 is 0. The van der Waals surface area contributed by atoms with Gasteiger partial charge in [-0.15, -0.1) is 0 Å². The molecular formula is C13H16N2O2. The summed E-state index contributed by atoms with van der Waals surface area (Å²) in [5.41, 5.74) is 2.34. The third-order valence-corrected chi connectivity index (χ3v) is 3.32. The predicted octanol–water partition coefficient (Wildman–Crippen LogP) is 2.98.